The van der Waals surface area contributed by atoms with Crippen LogP contribution in [-0.2, 0) is 33.4 Å². The van der Waals surface area contributed by atoms with E-state index in [9.17, 15) is 29.1 Å². The first-order valence-electron chi connectivity index (χ1n) is 17.1. The molecule has 3 unspecified atom stereocenters. The van der Waals surface area contributed by atoms with Gasteiger partial charge >= 0.3 is 0 Å². The monoisotopic (exact) mass is 670 g/mol. The largest absolute Gasteiger partial charge is 0.394 e. The van der Waals surface area contributed by atoms with Crippen LogP contribution in [0.2, 0.25) is 0 Å². The highest BCUT2D eigenvalue weighted by molar-refractivity contribution is 8.00. The Kier molecular flexibility index (Phi) is 19.5. The Morgan fingerprint density at radius 3 is 2.28 bits per heavy atom. The highest BCUT2D eigenvalue weighted by atomic mass is 32.2. The minimum Gasteiger partial charge on any atom is -0.394 e. The summed E-state index contributed by atoms with van der Waals surface area (Å²) < 4.78 is 11.8. The van der Waals surface area contributed by atoms with E-state index in [1.807, 2.05) is 20.8 Å². The maximum Gasteiger partial charge on any atom is 0.242 e. The fourth-order valence-corrected chi connectivity index (χ4v) is 6.68. The predicted molar refractivity (Wildman–Crippen MR) is 182 cm³/mol. The lowest BCUT2D eigenvalue weighted by atomic mass is 9.80. The van der Waals surface area contributed by atoms with Crippen molar-refractivity contribution in [1.29, 1.82) is 0 Å². The molecule has 0 bridgehead atoms. The van der Waals surface area contributed by atoms with Gasteiger partial charge in [-0.05, 0) is 84.0 Å². The lowest BCUT2D eigenvalue weighted by Crippen LogP contribution is -2.37. The molecule has 2 aliphatic rings. The van der Waals surface area contributed by atoms with Crippen molar-refractivity contribution in [1.82, 2.24) is 10.2 Å². The molecule has 3 amide bonds. The second-order valence-corrected chi connectivity index (χ2v) is 16.1. The summed E-state index contributed by atoms with van der Waals surface area (Å²) in [5.74, 6) is 0.894. The van der Waals surface area contributed by atoms with Gasteiger partial charge in [0.25, 0.3) is 0 Å². The van der Waals surface area contributed by atoms with Crippen molar-refractivity contribution in [2.24, 2.45) is 17.3 Å². The van der Waals surface area contributed by atoms with Gasteiger partial charge in [-0.25, -0.2) is 0 Å². The Morgan fingerprint density at radius 1 is 1.11 bits per heavy atom. The van der Waals surface area contributed by atoms with E-state index in [1.165, 1.54) is 16.7 Å². The molecule has 0 aromatic carbocycles. The van der Waals surface area contributed by atoms with Crippen molar-refractivity contribution < 1.29 is 38.6 Å². The lowest BCUT2D eigenvalue weighted by molar-refractivity contribution is -0.226. The zero-order chi connectivity index (χ0) is 34.9. The number of amides is 3. The lowest BCUT2D eigenvalue weighted by Gasteiger charge is -2.32. The van der Waals surface area contributed by atoms with E-state index >= 15 is 0 Å². The summed E-state index contributed by atoms with van der Waals surface area (Å²) >= 11 is 1.41. The Morgan fingerprint density at radius 2 is 1.76 bits per heavy atom. The maximum absolute atomic E-state index is 12.6. The second kappa shape index (κ2) is 21.2. The van der Waals surface area contributed by atoms with Crippen molar-refractivity contribution in [3.8, 4) is 0 Å². The zero-order valence-corrected chi connectivity index (χ0v) is 30.5. The SMILES string of the molecule is CC(=O)C1CCC(CN2C(=O)CC(SCCNC(=O)CCCC=O)C2=O)CC1.CCCC(OC(CO)CC(C)(C)C)OC(C)(C)C. The summed E-state index contributed by atoms with van der Waals surface area (Å²) in [6, 6.07) is 0. The molecule has 1 saturated heterocycles. The molecule has 11 heteroatoms. The van der Waals surface area contributed by atoms with E-state index in [0.29, 0.717) is 38.1 Å². The third-order valence-corrected chi connectivity index (χ3v) is 9.14. The van der Waals surface area contributed by atoms with E-state index in [2.05, 4.69) is 33.0 Å². The van der Waals surface area contributed by atoms with Crippen LogP contribution in [0.3, 0.4) is 0 Å². The summed E-state index contributed by atoms with van der Waals surface area (Å²) in [5, 5.41) is 11.8. The van der Waals surface area contributed by atoms with E-state index in [4.69, 9.17) is 9.47 Å². The van der Waals surface area contributed by atoms with Gasteiger partial charge in [-0.3, -0.25) is 24.1 Å². The number of thioether (sulfide) groups is 1. The van der Waals surface area contributed by atoms with Gasteiger partial charge in [-0.2, -0.15) is 0 Å². The first-order valence-corrected chi connectivity index (χ1v) is 18.1. The summed E-state index contributed by atoms with van der Waals surface area (Å²) in [6.07, 6.45) is 8.05. The number of likely N-dealkylation sites (tertiary alicyclic amines) is 1. The number of carbonyl (C=O) groups is 5. The fourth-order valence-electron chi connectivity index (χ4n) is 5.65. The van der Waals surface area contributed by atoms with E-state index in [-0.39, 0.29) is 77.0 Å². The van der Waals surface area contributed by atoms with Crippen LogP contribution in [0.15, 0.2) is 0 Å². The number of imide groups is 1. The standard InChI is InChI=1S/C20H30N2O5S.C15H32O3/c1-14(24)16-7-5-15(6-8-16)13-22-19(26)12-17(20(22)27)28-11-9-21-18(25)4-2-3-10-23;1-8-9-13(18-15(5,6)7)17-12(11-16)10-14(2,3)4/h10,15-17H,2-9,11-13H2,1H3,(H,21,25);12-13,16H,8-11H2,1-7H3. The van der Waals surface area contributed by atoms with Gasteiger partial charge in [0.05, 0.1) is 23.6 Å². The molecule has 2 fully saturated rings. The number of Topliss-reactive ketones (excluding diaryl/α,β-unsaturated/α-hetero) is 1. The number of nitrogens with zero attached hydrogens (tertiary/aromatic N) is 1. The number of rotatable bonds is 18. The Labute approximate surface area is 281 Å². The molecule has 0 radical (unpaired) electrons. The summed E-state index contributed by atoms with van der Waals surface area (Å²) in [5.41, 5.74) is -0.0759. The molecule has 46 heavy (non-hydrogen) atoms. The van der Waals surface area contributed by atoms with Gasteiger partial charge in [0, 0.05) is 44.0 Å². The highest BCUT2D eigenvalue weighted by Crippen LogP contribution is 2.32. The molecule has 1 aliphatic carbocycles. The Balaban J connectivity index is 0.000000510. The number of nitrogens with one attached hydrogen (secondary N) is 1. The summed E-state index contributed by atoms with van der Waals surface area (Å²) in [6.45, 7) is 17.2. The van der Waals surface area contributed by atoms with Crippen LogP contribution in [0.4, 0.5) is 0 Å². The van der Waals surface area contributed by atoms with Crippen LogP contribution in [0.1, 0.15) is 126 Å². The minimum absolute atomic E-state index is 0.0466. The van der Waals surface area contributed by atoms with Gasteiger partial charge in [0.15, 0.2) is 6.29 Å². The molecule has 0 aromatic heterocycles. The summed E-state index contributed by atoms with van der Waals surface area (Å²) in [7, 11) is 0. The van der Waals surface area contributed by atoms with Gasteiger partial charge < -0.3 is 24.7 Å². The predicted octanol–water partition coefficient (Wildman–Crippen LogP) is 5.47. The van der Waals surface area contributed by atoms with Crippen molar-refractivity contribution in [2.45, 2.75) is 149 Å². The van der Waals surface area contributed by atoms with Gasteiger partial charge in [-0.1, -0.05) is 34.1 Å². The van der Waals surface area contributed by atoms with E-state index < -0.39 is 0 Å². The minimum atomic E-state index is -0.368. The average molecular weight is 671 g/mol. The van der Waals surface area contributed by atoms with Crippen molar-refractivity contribution in [3.63, 3.8) is 0 Å². The highest BCUT2D eigenvalue weighted by Gasteiger charge is 2.40. The molecule has 1 saturated carbocycles. The maximum atomic E-state index is 12.6. The molecule has 266 valence electrons. The number of unbranched alkanes of at least 4 members (excludes halogenated alkanes) is 1. The molecule has 0 aromatic rings. The van der Waals surface area contributed by atoms with Crippen molar-refractivity contribution >= 4 is 41.6 Å². The van der Waals surface area contributed by atoms with Gasteiger partial charge in [-0.15, -0.1) is 11.8 Å². The number of ketones is 1. The molecule has 10 nitrogen and oxygen atoms in total. The van der Waals surface area contributed by atoms with Crippen LogP contribution in [0, 0.1) is 17.3 Å². The number of hydrogen-bond donors (Lipinski definition) is 2. The number of ether oxygens (including phenoxy) is 2. The first kappa shape index (κ1) is 42.2. The average Bonchev–Trinajstić information content (AvgIpc) is 3.21. The van der Waals surface area contributed by atoms with Crippen LogP contribution in [0.25, 0.3) is 0 Å². The molecule has 2 N–H and O–H groups in total. The second-order valence-electron chi connectivity index (χ2n) is 14.8. The van der Waals surface area contributed by atoms with E-state index in [1.54, 1.807) is 6.92 Å². The van der Waals surface area contributed by atoms with Crippen LogP contribution < -0.4 is 5.32 Å². The number of hydrogen-bond acceptors (Lipinski definition) is 9. The molecular weight excluding hydrogens is 608 g/mol. The molecule has 2 rings (SSSR count). The van der Waals surface area contributed by atoms with Crippen molar-refractivity contribution in [3.05, 3.63) is 0 Å². The Hall–Kier alpha value is -1.82. The third-order valence-electron chi connectivity index (χ3n) is 7.93. The summed E-state index contributed by atoms with van der Waals surface area (Å²) in [4.78, 5) is 59.5. The van der Waals surface area contributed by atoms with E-state index in [0.717, 1.165) is 51.2 Å². The normalized spacial score (nSPS) is 21.8. The first-order chi connectivity index (χ1) is 21.5. The third kappa shape index (κ3) is 17.9. The number of aldehydes is 1. The molecule has 1 heterocycles. The van der Waals surface area contributed by atoms with Crippen LogP contribution in [0.5, 0.6) is 0 Å². The number of aliphatic hydroxyl groups excluding tert-OH is 1. The Bertz CT molecular complexity index is 953. The van der Waals surface area contributed by atoms with Crippen LogP contribution in [-0.4, -0.2) is 88.5 Å². The van der Waals surface area contributed by atoms with Crippen LogP contribution >= 0.6 is 11.8 Å². The van der Waals surface area contributed by atoms with Gasteiger partial charge in [0.2, 0.25) is 17.7 Å². The fraction of sp³-hybridized carbons (Fsp3) is 0.857. The zero-order valence-electron chi connectivity index (χ0n) is 29.7. The molecular formula is C35H62N2O8S. The number of carbonyl (C=O) groups excluding carboxylic acids is 5. The topological polar surface area (TPSA) is 139 Å². The molecule has 0 spiro atoms. The molecule has 3 atom stereocenters. The molecule has 1 aliphatic heterocycles. The van der Waals surface area contributed by atoms with Gasteiger partial charge in [0.1, 0.15) is 12.1 Å². The quantitative estimate of drug-likeness (QED) is 0.0841. The number of aliphatic hydroxyl groups is 1. The smallest absolute Gasteiger partial charge is 0.242 e. The van der Waals surface area contributed by atoms with Crippen molar-refractivity contribution in [2.75, 3.05) is 25.4 Å².